The summed E-state index contributed by atoms with van der Waals surface area (Å²) in [6.07, 6.45) is 0. The van der Waals surface area contributed by atoms with E-state index in [0.717, 1.165) is 0 Å². The second-order valence-corrected chi connectivity index (χ2v) is 7.51. The van der Waals surface area contributed by atoms with Crippen LogP contribution in [0.4, 0.5) is 0 Å². The summed E-state index contributed by atoms with van der Waals surface area (Å²) >= 11 is 6.06. The average Bonchev–Trinajstić information content (AvgIpc) is 2.69. The highest BCUT2D eigenvalue weighted by Crippen LogP contribution is 2.38. The van der Waals surface area contributed by atoms with Gasteiger partial charge in [-0.2, -0.15) is 17.9 Å². The van der Waals surface area contributed by atoms with Crippen molar-refractivity contribution in [3.63, 3.8) is 0 Å². The molecule has 1 aromatic carbocycles. The van der Waals surface area contributed by atoms with Crippen molar-refractivity contribution in [2.75, 3.05) is 0 Å². The largest absolute Gasteiger partial charge is 0.283 e. The number of benzene rings is 1. The van der Waals surface area contributed by atoms with Gasteiger partial charge in [-0.25, -0.2) is 0 Å². The summed E-state index contributed by atoms with van der Waals surface area (Å²) < 4.78 is 28.4. The Morgan fingerprint density at radius 3 is 2.58 bits per heavy atom. The maximum atomic E-state index is 12.3. The molecular formula is C12H12ClN3O2S. The normalized spacial score (nSPS) is 17.6. The van der Waals surface area contributed by atoms with Gasteiger partial charge < -0.3 is 0 Å². The molecule has 1 aliphatic rings. The molecule has 7 heteroatoms. The first-order chi connectivity index (χ1) is 8.72. The second kappa shape index (κ2) is 3.58. The van der Waals surface area contributed by atoms with Crippen LogP contribution in [0, 0.1) is 5.41 Å². The second-order valence-electron chi connectivity index (χ2n) is 5.53. The van der Waals surface area contributed by atoms with Crippen LogP contribution in [0.15, 0.2) is 21.4 Å². The van der Waals surface area contributed by atoms with Crippen LogP contribution in [-0.2, 0) is 10.0 Å². The van der Waals surface area contributed by atoms with Crippen molar-refractivity contribution in [1.29, 1.82) is 0 Å². The molecule has 2 heterocycles. The summed E-state index contributed by atoms with van der Waals surface area (Å²) in [5.74, 6) is 0. The smallest absolute Gasteiger partial charge is 0.275 e. The lowest BCUT2D eigenvalue weighted by Gasteiger charge is -2.23. The van der Waals surface area contributed by atoms with Crippen molar-refractivity contribution >= 4 is 38.2 Å². The van der Waals surface area contributed by atoms with Gasteiger partial charge in [0.2, 0.25) is 0 Å². The third-order valence-electron chi connectivity index (χ3n) is 3.06. The highest BCUT2D eigenvalue weighted by atomic mass is 35.5. The van der Waals surface area contributed by atoms with Gasteiger partial charge in [-0.1, -0.05) is 32.4 Å². The van der Waals surface area contributed by atoms with Gasteiger partial charge in [-0.05, 0) is 12.1 Å². The molecule has 0 unspecified atom stereocenters. The van der Waals surface area contributed by atoms with E-state index in [-0.39, 0.29) is 4.90 Å². The minimum Gasteiger partial charge on any atom is -0.275 e. The molecule has 3 rings (SSSR count). The van der Waals surface area contributed by atoms with Crippen molar-refractivity contribution in [2.45, 2.75) is 25.7 Å². The van der Waals surface area contributed by atoms with E-state index in [2.05, 4.69) is 14.6 Å². The fraction of sp³-hybridized carbons (Fsp3) is 0.333. The molecule has 19 heavy (non-hydrogen) atoms. The Morgan fingerprint density at radius 2 is 1.95 bits per heavy atom. The maximum absolute atomic E-state index is 12.3. The molecule has 0 spiro atoms. The molecule has 5 nitrogen and oxygen atoms in total. The molecule has 1 N–H and O–H groups in total. The van der Waals surface area contributed by atoms with Crippen molar-refractivity contribution in [2.24, 2.45) is 9.81 Å². The molecule has 0 radical (unpaired) electrons. The van der Waals surface area contributed by atoms with Crippen molar-refractivity contribution in [1.82, 2.24) is 10.2 Å². The molecule has 0 fully saturated rings. The van der Waals surface area contributed by atoms with E-state index in [1.165, 1.54) is 12.1 Å². The third kappa shape index (κ3) is 1.70. The zero-order valence-corrected chi connectivity index (χ0v) is 12.2. The van der Waals surface area contributed by atoms with Crippen molar-refractivity contribution in [3.05, 3.63) is 22.8 Å². The molecule has 0 bridgehead atoms. The van der Waals surface area contributed by atoms with Gasteiger partial charge >= 0.3 is 0 Å². The number of hydrogen-bond acceptors (Lipinski definition) is 3. The minimum atomic E-state index is -3.70. The van der Waals surface area contributed by atoms with Crippen LogP contribution in [0.1, 0.15) is 26.5 Å². The molecule has 2 aromatic rings. The Labute approximate surface area is 115 Å². The highest BCUT2D eigenvalue weighted by Gasteiger charge is 2.34. The van der Waals surface area contributed by atoms with E-state index >= 15 is 0 Å². The summed E-state index contributed by atoms with van der Waals surface area (Å²) in [6, 6.07) is 3.00. The minimum absolute atomic E-state index is 0.156. The van der Waals surface area contributed by atoms with E-state index in [1.54, 1.807) is 0 Å². The zero-order valence-electron chi connectivity index (χ0n) is 10.7. The van der Waals surface area contributed by atoms with E-state index in [0.29, 0.717) is 27.3 Å². The number of aromatic nitrogens is 2. The first-order valence-corrected chi connectivity index (χ1v) is 7.56. The number of sulfonamides is 1. The van der Waals surface area contributed by atoms with Crippen molar-refractivity contribution in [3.8, 4) is 0 Å². The lowest BCUT2D eigenvalue weighted by molar-refractivity contribution is 0.580. The molecule has 1 aliphatic heterocycles. The van der Waals surface area contributed by atoms with E-state index in [9.17, 15) is 8.42 Å². The van der Waals surface area contributed by atoms with Crippen LogP contribution < -0.4 is 0 Å². The average molecular weight is 298 g/mol. The number of H-pyrrole nitrogens is 1. The fourth-order valence-electron chi connectivity index (χ4n) is 2.18. The molecule has 0 saturated carbocycles. The molecule has 0 saturated heterocycles. The molecular weight excluding hydrogens is 286 g/mol. The van der Waals surface area contributed by atoms with Gasteiger partial charge in [-0.15, -0.1) is 0 Å². The monoisotopic (exact) mass is 297 g/mol. The zero-order chi connectivity index (χ0) is 14.0. The third-order valence-corrected chi connectivity index (χ3v) is 4.68. The highest BCUT2D eigenvalue weighted by molar-refractivity contribution is 7.90. The molecule has 100 valence electrons. The van der Waals surface area contributed by atoms with Crippen LogP contribution in [0.25, 0.3) is 10.9 Å². The summed E-state index contributed by atoms with van der Waals surface area (Å²) in [4.78, 5) is 0.156. The first-order valence-electron chi connectivity index (χ1n) is 5.74. The Kier molecular flexibility index (Phi) is 2.38. The summed E-state index contributed by atoms with van der Waals surface area (Å²) in [7, 11) is -3.70. The number of nitrogens with zero attached hydrogens (tertiary/aromatic N) is 2. The van der Waals surface area contributed by atoms with Gasteiger partial charge in [-0.3, -0.25) is 5.10 Å². The number of nitrogens with one attached hydrogen (secondary N) is 1. The van der Waals surface area contributed by atoms with Gasteiger partial charge in [0.25, 0.3) is 10.0 Å². The number of halogens is 1. The van der Waals surface area contributed by atoms with Crippen LogP contribution in [0.5, 0.6) is 0 Å². The number of rotatable bonds is 0. The van der Waals surface area contributed by atoms with Gasteiger partial charge in [0.15, 0.2) is 0 Å². The predicted molar refractivity (Wildman–Crippen MR) is 74.3 cm³/mol. The number of aromatic amines is 1. The quantitative estimate of drug-likeness (QED) is 0.812. The van der Waals surface area contributed by atoms with Gasteiger partial charge in [0.1, 0.15) is 10.4 Å². The maximum Gasteiger partial charge on any atom is 0.283 e. The summed E-state index contributed by atoms with van der Waals surface area (Å²) in [6.45, 7) is 5.72. The Hall–Kier alpha value is -1.40. The van der Waals surface area contributed by atoms with Crippen LogP contribution in [-0.4, -0.2) is 24.3 Å². The van der Waals surface area contributed by atoms with Gasteiger partial charge in [0.05, 0.1) is 21.8 Å². The molecule has 0 amide bonds. The predicted octanol–water partition coefficient (Wildman–Crippen LogP) is 2.75. The summed E-state index contributed by atoms with van der Waals surface area (Å²) in [5, 5.41) is 7.94. The van der Waals surface area contributed by atoms with Crippen LogP contribution in [0.3, 0.4) is 0 Å². The SMILES string of the molecule is CC(C)(C)C1=NS(=O)(=O)c2ccc(Cl)c3n[nH]c1c23. The summed E-state index contributed by atoms with van der Waals surface area (Å²) in [5.41, 5.74) is 1.17. The first kappa shape index (κ1) is 12.6. The van der Waals surface area contributed by atoms with E-state index in [1.807, 2.05) is 20.8 Å². The Bertz CT molecular complexity index is 829. The van der Waals surface area contributed by atoms with E-state index < -0.39 is 15.4 Å². The Balaban J connectivity index is 2.51. The fourth-order valence-corrected chi connectivity index (χ4v) is 3.78. The molecule has 0 aliphatic carbocycles. The van der Waals surface area contributed by atoms with Gasteiger partial charge in [0, 0.05) is 5.41 Å². The topological polar surface area (TPSA) is 75.2 Å². The van der Waals surface area contributed by atoms with Crippen LogP contribution >= 0.6 is 11.6 Å². The van der Waals surface area contributed by atoms with E-state index in [4.69, 9.17) is 11.6 Å². The standard InChI is InChI=1S/C12H12ClN3O2S/c1-12(2,3)11-10-8-7(19(17,18)16-11)5-4-6(13)9(8)14-15-10/h4-5H,1-3H3,(H,14,15). The lowest BCUT2D eigenvalue weighted by Crippen LogP contribution is -2.26. The lowest BCUT2D eigenvalue weighted by atomic mass is 9.87. The molecule has 1 aromatic heterocycles. The molecule has 0 atom stereocenters. The number of hydrogen-bond donors (Lipinski definition) is 1. The Morgan fingerprint density at radius 1 is 1.26 bits per heavy atom. The van der Waals surface area contributed by atoms with Crippen molar-refractivity contribution < 1.29 is 8.42 Å². The van der Waals surface area contributed by atoms with Crippen LogP contribution in [0.2, 0.25) is 5.02 Å².